The summed E-state index contributed by atoms with van der Waals surface area (Å²) in [7, 11) is 0. The van der Waals surface area contributed by atoms with Crippen molar-refractivity contribution < 1.29 is 27.9 Å². The fraction of sp³-hybridized carbons (Fsp3) is 0.533. The van der Waals surface area contributed by atoms with Gasteiger partial charge in [0.05, 0.1) is 11.8 Å². The highest BCUT2D eigenvalue weighted by molar-refractivity contribution is 5.77. The zero-order valence-electron chi connectivity index (χ0n) is 13.3. The number of pyridine rings is 1. The molecule has 2 amide bonds. The lowest BCUT2D eigenvalue weighted by Gasteiger charge is -2.18. The molecule has 1 aliphatic heterocycles. The van der Waals surface area contributed by atoms with Crippen molar-refractivity contribution in [2.24, 2.45) is 11.8 Å². The number of anilines is 1. The number of hydrogen-bond donors (Lipinski definition) is 3. The molecule has 10 heteroatoms. The molecular weight excluding hydrogens is 341 g/mol. The molecule has 2 atom stereocenters. The van der Waals surface area contributed by atoms with Gasteiger partial charge >= 0.3 is 18.2 Å². The molecule has 1 aromatic rings. The van der Waals surface area contributed by atoms with Crippen LogP contribution >= 0.6 is 0 Å². The van der Waals surface area contributed by atoms with E-state index in [9.17, 15) is 22.8 Å². The summed E-state index contributed by atoms with van der Waals surface area (Å²) in [6.07, 6.45) is -2.47. The predicted octanol–water partition coefficient (Wildman–Crippen LogP) is 1.79. The number of carbonyl (C=O) groups is 2. The van der Waals surface area contributed by atoms with Crippen LogP contribution in [0.5, 0.6) is 0 Å². The van der Waals surface area contributed by atoms with Gasteiger partial charge in [-0.15, -0.1) is 0 Å². The molecule has 0 aliphatic carbocycles. The molecule has 3 N–H and O–H groups in total. The van der Waals surface area contributed by atoms with Crippen LogP contribution in [0.25, 0.3) is 0 Å². The average molecular weight is 360 g/mol. The maximum atomic E-state index is 12.9. The first kappa shape index (κ1) is 18.8. The Morgan fingerprint density at radius 2 is 2.04 bits per heavy atom. The molecule has 0 unspecified atom stereocenters. The summed E-state index contributed by atoms with van der Waals surface area (Å²) in [5.41, 5.74) is 0. The Balaban J connectivity index is 1.74. The van der Waals surface area contributed by atoms with Crippen LogP contribution in [0, 0.1) is 11.8 Å². The third-order valence-electron chi connectivity index (χ3n) is 3.95. The van der Waals surface area contributed by atoms with Crippen molar-refractivity contribution >= 4 is 17.8 Å². The molecule has 0 spiro atoms. The minimum Gasteiger partial charge on any atom is -0.481 e. The number of urea groups is 1. The summed E-state index contributed by atoms with van der Waals surface area (Å²) in [6, 6.07) is 4.70. The number of nitrogens with zero attached hydrogens (tertiary/aromatic N) is 2. The highest BCUT2D eigenvalue weighted by atomic mass is 19.4. The zero-order chi connectivity index (χ0) is 18.4. The number of likely N-dealkylation sites (tertiary alicyclic amines) is 1. The molecule has 1 aliphatic rings. The number of nitrogens with one attached hydrogen (secondary N) is 2. The van der Waals surface area contributed by atoms with Crippen LogP contribution < -0.4 is 10.6 Å². The molecule has 1 aromatic heterocycles. The van der Waals surface area contributed by atoms with Gasteiger partial charge in [-0.2, -0.15) is 13.2 Å². The molecule has 0 aromatic carbocycles. The molecule has 0 bridgehead atoms. The number of carbonyl (C=O) groups excluding carboxylic acids is 1. The molecule has 7 nitrogen and oxygen atoms in total. The van der Waals surface area contributed by atoms with Gasteiger partial charge < -0.3 is 20.6 Å². The van der Waals surface area contributed by atoms with Gasteiger partial charge in [0.15, 0.2) is 0 Å². The number of carboxylic acid groups (broad SMARTS) is 1. The first-order valence-corrected chi connectivity index (χ1v) is 7.76. The number of amides is 2. The summed E-state index contributed by atoms with van der Waals surface area (Å²) in [5, 5.41) is 14.5. The van der Waals surface area contributed by atoms with Gasteiger partial charge in [-0.25, -0.2) is 9.78 Å². The average Bonchev–Trinajstić information content (AvgIpc) is 3.01. The number of carboxylic acids is 1. The molecule has 1 fully saturated rings. The number of rotatable bonds is 6. The number of hydrogen-bond acceptors (Lipinski definition) is 4. The van der Waals surface area contributed by atoms with Crippen LogP contribution in [0.15, 0.2) is 24.4 Å². The number of aliphatic carboxylic acids is 1. The van der Waals surface area contributed by atoms with Crippen molar-refractivity contribution in [1.82, 2.24) is 15.2 Å². The smallest absolute Gasteiger partial charge is 0.394 e. The van der Waals surface area contributed by atoms with Gasteiger partial charge in [-0.3, -0.25) is 4.79 Å². The first-order valence-electron chi connectivity index (χ1n) is 7.76. The lowest BCUT2D eigenvalue weighted by molar-refractivity contribution is -0.187. The highest BCUT2D eigenvalue weighted by Crippen LogP contribution is 2.37. The highest BCUT2D eigenvalue weighted by Gasteiger charge is 2.53. The zero-order valence-corrected chi connectivity index (χ0v) is 13.3. The number of halogens is 3. The molecular formula is C15H19F3N4O3. The Labute approximate surface area is 142 Å². The maximum absolute atomic E-state index is 12.9. The fourth-order valence-electron chi connectivity index (χ4n) is 2.63. The standard InChI is InChI=1S/C15H19F3N4O3/c16-15(17,18)11-9-22(8-10(11)13(23)24)14(25)21-7-3-6-20-12-4-1-2-5-19-12/h1-2,4-5,10-11H,3,6-9H2,(H,19,20)(H,21,25)(H,23,24)/t10-,11-/m1/s1. The lowest BCUT2D eigenvalue weighted by atomic mass is 9.96. The van der Waals surface area contributed by atoms with Crippen LogP contribution in [0.1, 0.15) is 6.42 Å². The molecule has 2 heterocycles. The van der Waals surface area contributed by atoms with Gasteiger partial charge in [0.25, 0.3) is 0 Å². The van der Waals surface area contributed by atoms with E-state index in [4.69, 9.17) is 5.11 Å². The van der Waals surface area contributed by atoms with E-state index in [1.807, 2.05) is 6.07 Å². The van der Waals surface area contributed by atoms with Crippen molar-refractivity contribution in [2.75, 3.05) is 31.5 Å². The van der Waals surface area contributed by atoms with E-state index in [1.165, 1.54) is 0 Å². The predicted molar refractivity (Wildman–Crippen MR) is 83.0 cm³/mol. The lowest BCUT2D eigenvalue weighted by Crippen LogP contribution is -2.40. The third kappa shape index (κ3) is 5.23. The normalized spacial score (nSPS) is 20.4. The minimum atomic E-state index is -4.65. The second kappa shape index (κ2) is 8.04. The van der Waals surface area contributed by atoms with Gasteiger partial charge in [0, 0.05) is 32.4 Å². The summed E-state index contributed by atoms with van der Waals surface area (Å²) >= 11 is 0. The van der Waals surface area contributed by atoms with Crippen LogP contribution in [0.4, 0.5) is 23.8 Å². The summed E-state index contributed by atoms with van der Waals surface area (Å²) < 4.78 is 38.7. The van der Waals surface area contributed by atoms with E-state index >= 15 is 0 Å². The van der Waals surface area contributed by atoms with Gasteiger partial charge in [-0.1, -0.05) is 6.07 Å². The Bertz CT molecular complexity index is 597. The Morgan fingerprint density at radius 1 is 1.28 bits per heavy atom. The van der Waals surface area contributed by atoms with E-state index in [-0.39, 0.29) is 6.54 Å². The number of aromatic nitrogens is 1. The van der Waals surface area contributed by atoms with E-state index in [1.54, 1.807) is 18.3 Å². The molecule has 1 saturated heterocycles. The maximum Gasteiger partial charge on any atom is 0.394 e. The van der Waals surface area contributed by atoms with E-state index in [2.05, 4.69) is 15.6 Å². The van der Waals surface area contributed by atoms with Gasteiger partial charge in [-0.05, 0) is 18.6 Å². The minimum absolute atomic E-state index is 0.254. The van der Waals surface area contributed by atoms with Crippen molar-refractivity contribution in [2.45, 2.75) is 12.6 Å². The summed E-state index contributed by atoms with van der Waals surface area (Å²) in [4.78, 5) is 27.9. The van der Waals surface area contributed by atoms with E-state index in [0.717, 1.165) is 4.90 Å². The first-order chi connectivity index (χ1) is 11.8. The van der Waals surface area contributed by atoms with Crippen molar-refractivity contribution in [3.63, 3.8) is 0 Å². The van der Waals surface area contributed by atoms with Gasteiger partial charge in [0.2, 0.25) is 0 Å². The molecule has 138 valence electrons. The molecule has 0 radical (unpaired) electrons. The monoisotopic (exact) mass is 360 g/mol. The second-order valence-corrected chi connectivity index (χ2v) is 5.73. The van der Waals surface area contributed by atoms with Gasteiger partial charge in [0.1, 0.15) is 5.82 Å². The summed E-state index contributed by atoms with van der Waals surface area (Å²) in [6.45, 7) is -0.306. The van der Waals surface area contributed by atoms with Crippen LogP contribution in [-0.2, 0) is 4.79 Å². The summed E-state index contributed by atoms with van der Waals surface area (Å²) in [5.74, 6) is -4.53. The van der Waals surface area contributed by atoms with Crippen LogP contribution in [0.2, 0.25) is 0 Å². The SMILES string of the molecule is O=C(O)[C@@H]1CN(C(=O)NCCCNc2ccccn2)C[C@H]1C(F)(F)F. The number of alkyl halides is 3. The molecule has 0 saturated carbocycles. The fourth-order valence-corrected chi connectivity index (χ4v) is 2.63. The second-order valence-electron chi connectivity index (χ2n) is 5.73. The van der Waals surface area contributed by atoms with Crippen LogP contribution in [0.3, 0.4) is 0 Å². The Kier molecular flexibility index (Phi) is 6.05. The Hall–Kier alpha value is -2.52. The third-order valence-corrected chi connectivity index (χ3v) is 3.95. The van der Waals surface area contributed by atoms with E-state index < -0.39 is 43.1 Å². The van der Waals surface area contributed by atoms with E-state index in [0.29, 0.717) is 18.8 Å². The van der Waals surface area contributed by atoms with Crippen molar-refractivity contribution in [1.29, 1.82) is 0 Å². The van der Waals surface area contributed by atoms with Crippen molar-refractivity contribution in [3.05, 3.63) is 24.4 Å². The Morgan fingerprint density at radius 3 is 2.60 bits per heavy atom. The quantitative estimate of drug-likeness (QED) is 0.673. The van der Waals surface area contributed by atoms with Crippen LogP contribution in [-0.4, -0.2) is 59.3 Å². The molecule has 2 rings (SSSR count). The topological polar surface area (TPSA) is 94.6 Å². The largest absolute Gasteiger partial charge is 0.481 e. The van der Waals surface area contributed by atoms with Crippen molar-refractivity contribution in [3.8, 4) is 0 Å². The molecule has 25 heavy (non-hydrogen) atoms.